The van der Waals surface area contributed by atoms with E-state index >= 15 is 0 Å². The summed E-state index contributed by atoms with van der Waals surface area (Å²) in [7, 11) is 1.67. The largest absolute Gasteiger partial charge is 0.497 e. The van der Waals surface area contributed by atoms with E-state index in [9.17, 15) is 0 Å². The monoisotopic (exact) mass is 296 g/mol. The number of anilines is 1. The molecule has 0 saturated carbocycles. The first-order valence-corrected chi connectivity index (χ1v) is 7.47. The Balaban J connectivity index is 2.09. The number of benzene rings is 1. The van der Waals surface area contributed by atoms with Crippen LogP contribution in [0.3, 0.4) is 0 Å². The van der Waals surface area contributed by atoms with Gasteiger partial charge in [0.05, 0.1) is 17.8 Å². The van der Waals surface area contributed by atoms with E-state index in [4.69, 9.17) is 10.5 Å². The Morgan fingerprint density at radius 1 is 1.10 bits per heavy atom. The van der Waals surface area contributed by atoms with Gasteiger partial charge < -0.3 is 10.5 Å². The topological polar surface area (TPSA) is 48.1 Å². The van der Waals surface area contributed by atoms with Gasteiger partial charge in [-0.05, 0) is 54.4 Å². The third-order valence-electron chi connectivity index (χ3n) is 3.45. The number of nitrogens with two attached hydrogens (primary N) is 1. The number of nitrogens with zero attached hydrogens (tertiary/aromatic N) is 1. The van der Waals surface area contributed by atoms with Gasteiger partial charge in [0.25, 0.3) is 0 Å². The highest BCUT2D eigenvalue weighted by Gasteiger charge is 2.16. The highest BCUT2D eigenvalue weighted by molar-refractivity contribution is 7.20. The lowest BCUT2D eigenvalue weighted by molar-refractivity contribution is 0.415. The van der Waals surface area contributed by atoms with Crippen LogP contribution in [0.2, 0.25) is 0 Å². The number of ether oxygens (including phenoxy) is 1. The van der Waals surface area contributed by atoms with Crippen molar-refractivity contribution in [2.24, 2.45) is 0 Å². The molecule has 3 aromatic rings. The third-order valence-corrected chi connectivity index (χ3v) is 4.62. The molecule has 0 aliphatic rings. The molecule has 2 aromatic heterocycles. The molecule has 0 radical (unpaired) electrons. The van der Waals surface area contributed by atoms with Gasteiger partial charge in [-0.1, -0.05) is 6.07 Å². The van der Waals surface area contributed by atoms with Crippen LogP contribution in [0.1, 0.15) is 5.56 Å². The molecule has 0 bridgehead atoms. The van der Waals surface area contributed by atoms with Gasteiger partial charge in [0.1, 0.15) is 5.75 Å². The zero-order valence-electron chi connectivity index (χ0n) is 12.0. The molecule has 1 aromatic carbocycles. The minimum atomic E-state index is 0.803. The van der Waals surface area contributed by atoms with Crippen molar-refractivity contribution in [2.75, 3.05) is 12.8 Å². The molecule has 0 spiro atoms. The number of rotatable bonds is 3. The van der Waals surface area contributed by atoms with Crippen molar-refractivity contribution >= 4 is 16.3 Å². The molecule has 0 atom stereocenters. The second-order valence-electron chi connectivity index (χ2n) is 4.74. The Morgan fingerprint density at radius 2 is 1.86 bits per heavy atom. The number of aromatic nitrogens is 1. The minimum absolute atomic E-state index is 0.803. The first-order chi connectivity index (χ1) is 10.2. The fraction of sp³-hybridized carbons (Fsp3) is 0.118. The second-order valence-corrected chi connectivity index (χ2v) is 5.79. The van der Waals surface area contributed by atoms with Gasteiger partial charge in [-0.25, -0.2) is 0 Å². The molecule has 0 unspecified atom stereocenters. The Kier molecular flexibility index (Phi) is 3.62. The van der Waals surface area contributed by atoms with E-state index in [0.29, 0.717) is 0 Å². The summed E-state index contributed by atoms with van der Waals surface area (Å²) in [5.41, 5.74) is 10.5. The Labute approximate surface area is 128 Å². The maximum Gasteiger partial charge on any atom is 0.118 e. The van der Waals surface area contributed by atoms with E-state index in [2.05, 4.69) is 24.0 Å². The fourth-order valence-electron chi connectivity index (χ4n) is 2.38. The lowest BCUT2D eigenvalue weighted by atomic mass is 10.0. The SMILES string of the molecule is COc1ccc(-c2sc(N)c(-c3ccccn3)c2C)cc1. The van der Waals surface area contributed by atoms with E-state index < -0.39 is 0 Å². The Morgan fingerprint density at radius 3 is 2.48 bits per heavy atom. The van der Waals surface area contributed by atoms with Gasteiger partial charge in [0.2, 0.25) is 0 Å². The molecule has 2 heterocycles. The van der Waals surface area contributed by atoms with E-state index in [1.807, 2.05) is 30.3 Å². The van der Waals surface area contributed by atoms with E-state index in [-0.39, 0.29) is 0 Å². The maximum absolute atomic E-state index is 6.22. The summed E-state index contributed by atoms with van der Waals surface area (Å²) < 4.78 is 5.20. The first-order valence-electron chi connectivity index (χ1n) is 6.65. The summed E-state index contributed by atoms with van der Waals surface area (Å²) in [6.07, 6.45) is 1.79. The van der Waals surface area contributed by atoms with Crippen LogP contribution in [0, 0.1) is 6.92 Å². The molecule has 0 aliphatic heterocycles. The molecule has 0 saturated heterocycles. The van der Waals surface area contributed by atoms with E-state index in [1.165, 1.54) is 10.4 Å². The molecular weight excluding hydrogens is 280 g/mol. The van der Waals surface area contributed by atoms with Crippen molar-refractivity contribution in [2.45, 2.75) is 6.92 Å². The minimum Gasteiger partial charge on any atom is -0.497 e. The van der Waals surface area contributed by atoms with Crippen LogP contribution in [0.5, 0.6) is 5.75 Å². The first kappa shape index (κ1) is 13.6. The summed E-state index contributed by atoms with van der Waals surface area (Å²) in [6.45, 7) is 2.09. The van der Waals surface area contributed by atoms with Crippen LogP contribution in [0.4, 0.5) is 5.00 Å². The van der Waals surface area contributed by atoms with Gasteiger partial charge in [-0.2, -0.15) is 0 Å². The zero-order valence-corrected chi connectivity index (χ0v) is 12.8. The van der Waals surface area contributed by atoms with Crippen molar-refractivity contribution < 1.29 is 4.74 Å². The molecule has 0 fully saturated rings. The average molecular weight is 296 g/mol. The Hall–Kier alpha value is -2.33. The number of thiophene rings is 1. The average Bonchev–Trinajstić information content (AvgIpc) is 2.83. The molecule has 3 nitrogen and oxygen atoms in total. The molecule has 106 valence electrons. The number of hydrogen-bond donors (Lipinski definition) is 1. The predicted molar refractivity (Wildman–Crippen MR) is 88.7 cm³/mol. The van der Waals surface area contributed by atoms with Crippen molar-refractivity contribution in [3.63, 3.8) is 0 Å². The fourth-order valence-corrected chi connectivity index (χ4v) is 3.47. The molecule has 3 rings (SSSR count). The van der Waals surface area contributed by atoms with Crippen LogP contribution >= 0.6 is 11.3 Å². The van der Waals surface area contributed by atoms with Crippen LogP contribution in [-0.4, -0.2) is 12.1 Å². The molecule has 0 amide bonds. The van der Waals surface area contributed by atoms with Crippen LogP contribution < -0.4 is 10.5 Å². The summed E-state index contributed by atoms with van der Waals surface area (Å²) in [5.74, 6) is 0.853. The van der Waals surface area contributed by atoms with Crippen molar-refractivity contribution in [1.82, 2.24) is 4.98 Å². The number of hydrogen-bond acceptors (Lipinski definition) is 4. The molecular formula is C17H16N2OS. The third kappa shape index (κ3) is 2.50. The number of nitrogen functional groups attached to an aromatic ring is 1. The summed E-state index contributed by atoms with van der Waals surface area (Å²) in [4.78, 5) is 5.59. The zero-order chi connectivity index (χ0) is 14.8. The number of methoxy groups -OCH3 is 1. The molecule has 21 heavy (non-hydrogen) atoms. The van der Waals surface area contributed by atoms with E-state index in [1.54, 1.807) is 24.6 Å². The van der Waals surface area contributed by atoms with Gasteiger partial charge in [0, 0.05) is 16.6 Å². The van der Waals surface area contributed by atoms with Gasteiger partial charge >= 0.3 is 0 Å². The molecule has 4 heteroatoms. The van der Waals surface area contributed by atoms with Gasteiger partial charge in [0.15, 0.2) is 0 Å². The van der Waals surface area contributed by atoms with Crippen LogP contribution in [0.15, 0.2) is 48.7 Å². The van der Waals surface area contributed by atoms with Crippen LogP contribution in [0.25, 0.3) is 21.7 Å². The molecule has 0 aliphatic carbocycles. The highest BCUT2D eigenvalue weighted by atomic mass is 32.1. The highest BCUT2D eigenvalue weighted by Crippen LogP contribution is 2.43. The number of pyridine rings is 1. The smallest absolute Gasteiger partial charge is 0.118 e. The predicted octanol–water partition coefficient (Wildman–Crippen LogP) is 4.38. The van der Waals surface area contributed by atoms with Crippen molar-refractivity contribution in [3.05, 3.63) is 54.2 Å². The van der Waals surface area contributed by atoms with Crippen LogP contribution in [-0.2, 0) is 0 Å². The lowest BCUT2D eigenvalue weighted by Crippen LogP contribution is -1.88. The molecule has 2 N–H and O–H groups in total. The van der Waals surface area contributed by atoms with Crippen molar-refractivity contribution in [3.8, 4) is 27.4 Å². The lowest BCUT2D eigenvalue weighted by Gasteiger charge is -2.04. The van der Waals surface area contributed by atoms with Gasteiger partial charge in [-0.3, -0.25) is 4.98 Å². The second kappa shape index (κ2) is 5.58. The summed E-state index contributed by atoms with van der Waals surface area (Å²) in [5, 5.41) is 0.803. The normalized spacial score (nSPS) is 10.6. The summed E-state index contributed by atoms with van der Waals surface area (Å²) >= 11 is 1.60. The summed E-state index contributed by atoms with van der Waals surface area (Å²) in [6, 6.07) is 13.9. The van der Waals surface area contributed by atoms with Gasteiger partial charge in [-0.15, -0.1) is 11.3 Å². The van der Waals surface area contributed by atoms with E-state index in [0.717, 1.165) is 27.6 Å². The quantitative estimate of drug-likeness (QED) is 0.780. The van der Waals surface area contributed by atoms with Crippen molar-refractivity contribution in [1.29, 1.82) is 0 Å². The standard InChI is InChI=1S/C17H16N2OS/c1-11-15(14-5-3-4-10-19-14)17(18)21-16(11)12-6-8-13(20-2)9-7-12/h3-10H,18H2,1-2H3. The maximum atomic E-state index is 6.22. The Bertz CT molecular complexity index is 748.